The van der Waals surface area contributed by atoms with E-state index in [1.165, 1.54) is 24.2 Å². The van der Waals surface area contributed by atoms with E-state index < -0.39 is 49.0 Å². The molecule has 19 heteroatoms. The van der Waals surface area contributed by atoms with Gasteiger partial charge in [-0.25, -0.2) is 27.7 Å². The second-order valence-electron chi connectivity index (χ2n) is 13.2. The number of aliphatic carboxylic acids is 1. The van der Waals surface area contributed by atoms with Crippen molar-refractivity contribution in [2.24, 2.45) is 11.0 Å². The maximum Gasteiger partial charge on any atom is 0.358 e. The fraction of sp³-hybridized carbons (Fsp3) is 0.351. The summed E-state index contributed by atoms with van der Waals surface area (Å²) in [5, 5.41) is 40.4. The predicted molar refractivity (Wildman–Crippen MR) is 211 cm³/mol. The number of carbonyl (C=O) groups is 2. The molecule has 0 saturated heterocycles. The van der Waals surface area contributed by atoms with Crippen LogP contribution in [0.25, 0.3) is 11.1 Å². The molecule has 1 aromatic heterocycles. The van der Waals surface area contributed by atoms with Crippen molar-refractivity contribution in [2.75, 3.05) is 18.2 Å². The van der Waals surface area contributed by atoms with Crippen LogP contribution < -0.4 is 15.5 Å². The molecule has 56 heavy (non-hydrogen) atoms. The number of nitrogens with zero attached hydrogens (tertiary/aromatic N) is 5. The minimum Gasteiger partial charge on any atom is -0.476 e. The molecule has 17 nitrogen and oxygen atoms in total. The van der Waals surface area contributed by atoms with Crippen LogP contribution in [0.1, 0.15) is 69.0 Å². The molecule has 3 aromatic carbocycles. The molecule has 2 amide bonds. The number of hydrogen-bond acceptors (Lipinski definition) is 12. The number of benzene rings is 3. The van der Waals surface area contributed by atoms with Crippen molar-refractivity contribution < 1.29 is 33.0 Å². The first-order valence-corrected chi connectivity index (χ1v) is 20.7. The summed E-state index contributed by atoms with van der Waals surface area (Å²) in [6, 6.07) is 15.4. The molecule has 1 aliphatic carbocycles. The van der Waals surface area contributed by atoms with Gasteiger partial charge >= 0.3 is 17.7 Å². The summed E-state index contributed by atoms with van der Waals surface area (Å²) in [6.07, 6.45) is 9.15. The molecular formula is C37H42N8O9S2. The molecule has 1 fully saturated rings. The molecule has 0 radical (unpaired) electrons. The van der Waals surface area contributed by atoms with E-state index >= 15 is 0 Å². The number of non-ortho nitro benzene ring substituents is 1. The highest BCUT2D eigenvalue weighted by Gasteiger charge is 2.28. The van der Waals surface area contributed by atoms with E-state index in [4.69, 9.17) is 4.98 Å². The van der Waals surface area contributed by atoms with E-state index in [0.29, 0.717) is 46.4 Å². The Morgan fingerprint density at radius 1 is 1.02 bits per heavy atom. The third-order valence-electron chi connectivity index (χ3n) is 9.35. The summed E-state index contributed by atoms with van der Waals surface area (Å²) in [6.45, 7) is 2.54. The van der Waals surface area contributed by atoms with Gasteiger partial charge in [0.1, 0.15) is 22.2 Å². The van der Waals surface area contributed by atoms with Gasteiger partial charge in [0.05, 0.1) is 20.8 Å². The van der Waals surface area contributed by atoms with Crippen molar-refractivity contribution in [1.29, 1.82) is 0 Å². The predicted octanol–water partition coefficient (Wildman–Crippen LogP) is 6.95. The number of hydrogen-bond donors (Lipinski definition) is 4. The standard InChI is InChI=1S/C37H42N8O9S2/c1-3-4-14-32-39-35(55-2)34(33(36(46)47)41-40-29-20-19-27(44(49)50)21-30(29)45(51)52)43(32)23-25-15-17-26(18-16-25)28-12-8-9-13-31(28)56(53,54)42-37(48)38-22-24-10-6-5-7-11-24/h8-9,12-13,15-21,24,40H,3-7,10-11,14,22-23H2,1-2H3,(H,46,47)(H2,38,42,48). The zero-order valence-corrected chi connectivity index (χ0v) is 32.4. The Labute approximate surface area is 327 Å². The fourth-order valence-corrected chi connectivity index (χ4v) is 8.25. The quantitative estimate of drug-likeness (QED) is 0.0367. The lowest BCUT2D eigenvalue weighted by Crippen LogP contribution is -2.41. The average Bonchev–Trinajstić information content (AvgIpc) is 3.52. The lowest BCUT2D eigenvalue weighted by molar-refractivity contribution is -0.393. The third kappa shape index (κ3) is 10.1. The van der Waals surface area contributed by atoms with Gasteiger partial charge in [0, 0.05) is 31.1 Å². The van der Waals surface area contributed by atoms with E-state index in [1.54, 1.807) is 53.3 Å². The second kappa shape index (κ2) is 18.7. The summed E-state index contributed by atoms with van der Waals surface area (Å²) < 4.78 is 30.7. The van der Waals surface area contributed by atoms with Crippen LogP contribution in [0.5, 0.6) is 0 Å². The van der Waals surface area contributed by atoms with Gasteiger partial charge in [-0.05, 0) is 54.7 Å². The van der Waals surface area contributed by atoms with Gasteiger partial charge in [-0.2, -0.15) is 5.10 Å². The summed E-state index contributed by atoms with van der Waals surface area (Å²) in [5.74, 6) is -0.553. The van der Waals surface area contributed by atoms with E-state index in [-0.39, 0.29) is 22.8 Å². The number of carbonyl (C=O) groups excluding carboxylic acids is 1. The van der Waals surface area contributed by atoms with E-state index in [2.05, 4.69) is 20.6 Å². The van der Waals surface area contributed by atoms with Crippen molar-refractivity contribution in [3.63, 3.8) is 0 Å². The fourth-order valence-electron chi connectivity index (χ4n) is 6.49. The van der Waals surface area contributed by atoms with Crippen LogP contribution >= 0.6 is 11.8 Å². The van der Waals surface area contributed by atoms with Crippen LogP contribution in [0.4, 0.5) is 21.9 Å². The first-order chi connectivity index (χ1) is 26.8. The van der Waals surface area contributed by atoms with Gasteiger partial charge in [0.25, 0.3) is 15.7 Å². The summed E-state index contributed by atoms with van der Waals surface area (Å²) in [5.41, 5.74) is 2.26. The zero-order valence-electron chi connectivity index (χ0n) is 30.8. The second-order valence-corrected chi connectivity index (χ2v) is 15.6. The smallest absolute Gasteiger partial charge is 0.358 e. The Hall–Kier alpha value is -5.82. The van der Waals surface area contributed by atoms with Crippen molar-refractivity contribution in [3.05, 3.63) is 104 Å². The first-order valence-electron chi connectivity index (χ1n) is 18.0. The molecule has 296 valence electrons. The normalized spacial score (nSPS) is 13.6. The molecule has 1 saturated carbocycles. The average molecular weight is 807 g/mol. The number of unbranched alkanes of at least 4 members (excludes halogenated alkanes) is 1. The number of urea groups is 1. The molecular weight excluding hydrogens is 765 g/mol. The number of imidazole rings is 1. The Morgan fingerprint density at radius 2 is 1.73 bits per heavy atom. The summed E-state index contributed by atoms with van der Waals surface area (Å²) >= 11 is 1.19. The maximum absolute atomic E-state index is 13.4. The molecule has 0 unspecified atom stereocenters. The molecule has 0 spiro atoms. The van der Waals surface area contributed by atoms with Crippen LogP contribution in [0, 0.1) is 26.1 Å². The number of anilines is 1. The largest absolute Gasteiger partial charge is 0.476 e. The first kappa shape index (κ1) is 41.3. The molecule has 0 atom stereocenters. The number of aromatic nitrogens is 2. The highest BCUT2D eigenvalue weighted by Crippen LogP contribution is 2.31. The van der Waals surface area contributed by atoms with Crippen molar-refractivity contribution in [1.82, 2.24) is 19.6 Å². The number of amides is 2. The van der Waals surface area contributed by atoms with Crippen molar-refractivity contribution in [2.45, 2.75) is 74.8 Å². The van der Waals surface area contributed by atoms with Crippen molar-refractivity contribution in [3.8, 4) is 11.1 Å². The number of nitro benzene ring substituents is 2. The molecule has 4 N–H and O–H groups in total. The van der Waals surface area contributed by atoms with Crippen LogP contribution in [-0.2, 0) is 27.8 Å². The Morgan fingerprint density at radius 3 is 2.38 bits per heavy atom. The third-order valence-corrected chi connectivity index (χ3v) is 11.4. The van der Waals surface area contributed by atoms with Gasteiger partial charge in [-0.1, -0.05) is 75.1 Å². The van der Waals surface area contributed by atoms with Gasteiger partial charge in [0.15, 0.2) is 5.71 Å². The number of carboxylic acid groups (broad SMARTS) is 1. The molecule has 0 bridgehead atoms. The minimum absolute atomic E-state index is 0.0769. The van der Waals surface area contributed by atoms with Crippen LogP contribution in [0.15, 0.2) is 81.8 Å². The number of nitrogens with one attached hydrogen (secondary N) is 3. The minimum atomic E-state index is -4.25. The number of nitro groups is 2. The van der Waals surface area contributed by atoms with E-state index in [0.717, 1.165) is 56.7 Å². The summed E-state index contributed by atoms with van der Waals surface area (Å²) in [7, 11) is -4.25. The highest BCUT2D eigenvalue weighted by atomic mass is 32.2. The number of rotatable bonds is 17. The van der Waals surface area contributed by atoms with E-state index in [1.807, 2.05) is 6.92 Å². The van der Waals surface area contributed by atoms with Crippen molar-refractivity contribution >= 4 is 56.6 Å². The number of hydrazone groups is 1. The van der Waals surface area contributed by atoms with Crippen LogP contribution in [-0.4, -0.2) is 63.4 Å². The molecule has 5 rings (SSSR count). The number of aryl methyl sites for hydroxylation is 1. The molecule has 1 heterocycles. The van der Waals surface area contributed by atoms with Gasteiger partial charge in [-0.3, -0.25) is 25.7 Å². The SMILES string of the molecule is CCCCc1nc(SC)c(C(=NNc2ccc([N+](=O)[O-])cc2[N+](=O)[O-])C(=O)O)n1Cc1ccc(-c2ccccc2S(=O)(=O)NC(=O)NCC2CCCCC2)cc1. The van der Waals surface area contributed by atoms with Gasteiger partial charge < -0.3 is 15.0 Å². The van der Waals surface area contributed by atoms with Crippen LogP contribution in [0.3, 0.4) is 0 Å². The summed E-state index contributed by atoms with van der Waals surface area (Å²) in [4.78, 5) is 51.4. The maximum atomic E-state index is 13.4. The number of sulfonamides is 1. The zero-order chi connectivity index (χ0) is 40.4. The Bertz CT molecular complexity index is 2240. The van der Waals surface area contributed by atoms with Crippen LogP contribution in [0.2, 0.25) is 0 Å². The molecule has 0 aliphatic heterocycles. The number of carboxylic acids is 1. The topological polar surface area (TPSA) is 241 Å². The van der Waals surface area contributed by atoms with E-state index in [9.17, 15) is 43.3 Å². The Kier molecular flexibility index (Phi) is 13.8. The molecule has 4 aromatic rings. The molecule has 1 aliphatic rings. The van der Waals surface area contributed by atoms with Gasteiger partial charge in [-0.15, -0.1) is 11.8 Å². The Balaban J connectivity index is 1.44. The lowest BCUT2D eigenvalue weighted by Gasteiger charge is -2.21. The van der Waals surface area contributed by atoms with Gasteiger partial charge in [0.2, 0.25) is 0 Å². The lowest BCUT2D eigenvalue weighted by atomic mass is 9.89. The number of thioether (sulfide) groups is 1. The highest BCUT2D eigenvalue weighted by molar-refractivity contribution is 7.98. The monoisotopic (exact) mass is 806 g/mol.